The minimum absolute atomic E-state index is 0.0198. The summed E-state index contributed by atoms with van der Waals surface area (Å²) in [5, 5.41) is 9.18. The highest BCUT2D eigenvalue weighted by atomic mass is 35.5. The number of ether oxygens (including phenoxy) is 1. The van der Waals surface area contributed by atoms with Crippen molar-refractivity contribution in [3.05, 3.63) is 68.7 Å². The van der Waals surface area contributed by atoms with Gasteiger partial charge in [0, 0.05) is 5.56 Å². The summed E-state index contributed by atoms with van der Waals surface area (Å²) in [6.07, 6.45) is -6.26. The summed E-state index contributed by atoms with van der Waals surface area (Å²) >= 11 is 12.4. The molecular weight excluding hydrogens is 392 g/mol. The normalized spacial score (nSPS) is 16.5. The minimum Gasteiger partial charge on any atom is -0.478 e. The molecule has 2 aromatic carbocycles. The van der Waals surface area contributed by atoms with E-state index in [-0.39, 0.29) is 21.4 Å². The van der Waals surface area contributed by atoms with Crippen molar-refractivity contribution in [1.82, 2.24) is 0 Å². The number of aliphatic carboxylic acids is 1. The molecule has 0 radical (unpaired) electrons. The molecule has 0 fully saturated rings. The number of alkyl halides is 3. The predicted octanol–water partition coefficient (Wildman–Crippen LogP) is 5.38. The third-order valence-electron chi connectivity index (χ3n) is 3.89. The van der Waals surface area contributed by atoms with Crippen LogP contribution in [-0.2, 0) is 11.2 Å². The van der Waals surface area contributed by atoms with E-state index in [2.05, 4.69) is 0 Å². The Hall–Kier alpha value is -2.18. The molecule has 0 saturated carbocycles. The zero-order chi connectivity index (χ0) is 19.1. The molecule has 0 spiro atoms. The number of hydrogen-bond acceptors (Lipinski definition) is 2. The van der Waals surface area contributed by atoms with E-state index in [0.29, 0.717) is 12.0 Å². The van der Waals surface area contributed by atoms with Gasteiger partial charge in [-0.15, -0.1) is 0 Å². The van der Waals surface area contributed by atoms with Crippen molar-refractivity contribution in [2.75, 3.05) is 0 Å². The summed E-state index contributed by atoms with van der Waals surface area (Å²) in [5.41, 5.74) is 0.440. The van der Waals surface area contributed by atoms with Gasteiger partial charge in [0.05, 0.1) is 15.6 Å². The molecule has 1 atom stereocenters. The van der Waals surface area contributed by atoms with Gasteiger partial charge in [-0.3, -0.25) is 0 Å². The van der Waals surface area contributed by atoms with Crippen molar-refractivity contribution < 1.29 is 27.8 Å². The van der Waals surface area contributed by atoms with Crippen LogP contribution >= 0.6 is 23.2 Å². The fourth-order valence-corrected chi connectivity index (χ4v) is 3.17. The first-order valence-corrected chi connectivity index (χ1v) is 8.17. The summed E-state index contributed by atoms with van der Waals surface area (Å²) in [7, 11) is 0. The molecule has 0 bridgehead atoms. The van der Waals surface area contributed by atoms with E-state index in [4.69, 9.17) is 33.0 Å². The second-order valence-electron chi connectivity index (χ2n) is 5.68. The van der Waals surface area contributed by atoms with Gasteiger partial charge in [0.1, 0.15) is 5.75 Å². The topological polar surface area (TPSA) is 46.5 Å². The van der Waals surface area contributed by atoms with Crippen LogP contribution in [0.25, 0.3) is 6.08 Å². The Morgan fingerprint density at radius 1 is 1.15 bits per heavy atom. The Kier molecular flexibility index (Phi) is 4.90. The number of benzene rings is 2. The average Bonchev–Trinajstić information content (AvgIpc) is 2.58. The monoisotopic (exact) mass is 402 g/mol. The molecule has 1 unspecified atom stereocenters. The molecule has 1 N–H and O–H groups in total. The van der Waals surface area contributed by atoms with Gasteiger partial charge in [-0.05, 0) is 29.7 Å². The molecule has 1 heterocycles. The van der Waals surface area contributed by atoms with Crippen LogP contribution in [0.4, 0.5) is 13.2 Å². The molecule has 0 amide bonds. The van der Waals surface area contributed by atoms with Gasteiger partial charge in [-0.2, -0.15) is 13.2 Å². The molecule has 2 aromatic rings. The van der Waals surface area contributed by atoms with Gasteiger partial charge in [0.25, 0.3) is 0 Å². The molecule has 3 rings (SSSR count). The van der Waals surface area contributed by atoms with Gasteiger partial charge in [0.15, 0.2) is 0 Å². The maximum absolute atomic E-state index is 13.2. The van der Waals surface area contributed by atoms with Crippen molar-refractivity contribution in [2.24, 2.45) is 0 Å². The SMILES string of the molecule is O=C(O)C1=Cc2c(cc(Cc3ccccc3)c(Cl)c2Cl)OC1C(F)(F)F. The van der Waals surface area contributed by atoms with Crippen LogP contribution < -0.4 is 4.74 Å². The van der Waals surface area contributed by atoms with E-state index in [1.54, 1.807) is 0 Å². The number of fused-ring (bicyclic) bond motifs is 1. The largest absolute Gasteiger partial charge is 0.478 e. The van der Waals surface area contributed by atoms with Crippen LogP contribution in [0, 0.1) is 0 Å². The summed E-state index contributed by atoms with van der Waals surface area (Å²) in [6, 6.07) is 10.5. The molecule has 1 aliphatic rings. The van der Waals surface area contributed by atoms with E-state index in [1.165, 1.54) is 6.07 Å². The number of carbonyl (C=O) groups is 1. The van der Waals surface area contributed by atoms with Crippen molar-refractivity contribution >= 4 is 35.2 Å². The third kappa shape index (κ3) is 3.52. The summed E-state index contributed by atoms with van der Waals surface area (Å²) in [6.45, 7) is 0. The number of halogens is 5. The molecule has 3 nitrogen and oxygen atoms in total. The van der Waals surface area contributed by atoms with Crippen LogP contribution in [0.15, 0.2) is 42.0 Å². The lowest BCUT2D eigenvalue weighted by molar-refractivity contribution is -0.187. The first-order chi connectivity index (χ1) is 12.2. The van der Waals surface area contributed by atoms with Gasteiger partial charge in [-0.25, -0.2) is 4.79 Å². The zero-order valence-electron chi connectivity index (χ0n) is 13.0. The lowest BCUT2D eigenvalue weighted by Crippen LogP contribution is -2.40. The molecule has 136 valence electrons. The molecule has 8 heteroatoms. The maximum atomic E-state index is 13.2. The summed E-state index contributed by atoms with van der Waals surface area (Å²) in [5.74, 6) is -1.89. The summed E-state index contributed by atoms with van der Waals surface area (Å²) in [4.78, 5) is 11.2. The maximum Gasteiger partial charge on any atom is 0.430 e. The standard InChI is InChI=1S/C18H11Cl2F3O3/c19-14-10(6-9-4-2-1-3-5-9)7-13-11(15(14)20)8-12(17(24)25)16(26-13)18(21,22)23/h1-5,7-8,16H,6H2,(H,24,25). The van der Waals surface area contributed by atoms with Crippen LogP contribution in [0.2, 0.25) is 10.0 Å². The highest BCUT2D eigenvalue weighted by Gasteiger charge is 2.48. The average molecular weight is 403 g/mol. The zero-order valence-corrected chi connectivity index (χ0v) is 14.5. The highest BCUT2D eigenvalue weighted by Crippen LogP contribution is 2.44. The quantitative estimate of drug-likeness (QED) is 0.749. The Balaban J connectivity index is 2.10. The van der Waals surface area contributed by atoms with Crippen molar-refractivity contribution in [3.63, 3.8) is 0 Å². The Morgan fingerprint density at radius 3 is 2.38 bits per heavy atom. The van der Waals surface area contributed by atoms with Crippen molar-refractivity contribution in [3.8, 4) is 5.75 Å². The Labute approximate surface area is 156 Å². The second-order valence-corrected chi connectivity index (χ2v) is 6.44. The Morgan fingerprint density at radius 2 is 1.81 bits per heavy atom. The molecule has 0 aliphatic carbocycles. The van der Waals surface area contributed by atoms with Crippen LogP contribution in [0.3, 0.4) is 0 Å². The number of carboxylic acid groups (broad SMARTS) is 1. The van der Waals surface area contributed by atoms with E-state index in [1.807, 2.05) is 30.3 Å². The van der Waals surface area contributed by atoms with Gasteiger partial charge >= 0.3 is 12.1 Å². The van der Waals surface area contributed by atoms with Crippen molar-refractivity contribution in [1.29, 1.82) is 0 Å². The number of hydrogen-bond donors (Lipinski definition) is 1. The highest BCUT2D eigenvalue weighted by molar-refractivity contribution is 6.43. The first kappa shape index (κ1) is 18.6. The molecular formula is C18H11Cl2F3O3. The minimum atomic E-state index is -4.88. The predicted molar refractivity (Wildman–Crippen MR) is 91.8 cm³/mol. The van der Waals surface area contributed by atoms with Crippen LogP contribution in [0.5, 0.6) is 5.75 Å². The smallest absolute Gasteiger partial charge is 0.430 e. The van der Waals surface area contributed by atoms with E-state index in [9.17, 15) is 18.0 Å². The van der Waals surface area contributed by atoms with Gasteiger partial charge in [-0.1, -0.05) is 53.5 Å². The molecule has 0 aromatic heterocycles. The first-order valence-electron chi connectivity index (χ1n) is 7.41. The lowest BCUT2D eigenvalue weighted by Gasteiger charge is -2.28. The fourth-order valence-electron chi connectivity index (χ4n) is 2.68. The lowest BCUT2D eigenvalue weighted by atomic mass is 9.97. The van der Waals surface area contributed by atoms with Crippen molar-refractivity contribution in [2.45, 2.75) is 18.7 Å². The number of carboxylic acids is 1. The molecule has 0 saturated heterocycles. The third-order valence-corrected chi connectivity index (χ3v) is 4.81. The van der Waals surface area contributed by atoms with Gasteiger partial charge < -0.3 is 9.84 Å². The van der Waals surface area contributed by atoms with Crippen LogP contribution in [-0.4, -0.2) is 23.4 Å². The van der Waals surface area contributed by atoms with E-state index < -0.39 is 23.8 Å². The molecule has 1 aliphatic heterocycles. The second kappa shape index (κ2) is 6.85. The molecule has 26 heavy (non-hydrogen) atoms. The summed E-state index contributed by atoms with van der Waals surface area (Å²) < 4.78 is 44.5. The Bertz CT molecular complexity index is 893. The van der Waals surface area contributed by atoms with Crippen LogP contribution in [0.1, 0.15) is 16.7 Å². The van der Waals surface area contributed by atoms with E-state index >= 15 is 0 Å². The van der Waals surface area contributed by atoms with Gasteiger partial charge in [0.2, 0.25) is 6.10 Å². The number of rotatable bonds is 3. The fraction of sp³-hybridized carbons (Fsp3) is 0.167. The van der Waals surface area contributed by atoms with E-state index in [0.717, 1.165) is 11.6 Å².